The minimum absolute atomic E-state index is 0.200. The predicted octanol–water partition coefficient (Wildman–Crippen LogP) is 3.88. The van der Waals surface area contributed by atoms with E-state index < -0.39 is 0 Å². The van der Waals surface area contributed by atoms with Gasteiger partial charge in [0.1, 0.15) is 0 Å². The lowest BCUT2D eigenvalue weighted by Gasteiger charge is -2.15. The average Bonchev–Trinajstić information content (AvgIpc) is 2.88. The van der Waals surface area contributed by atoms with Crippen LogP contribution in [-0.4, -0.2) is 30.2 Å². The smallest absolute Gasteiger partial charge is 0.162 e. The molecule has 0 saturated heterocycles. The third-order valence-electron chi connectivity index (χ3n) is 4.24. The minimum atomic E-state index is -0.200. The van der Waals surface area contributed by atoms with Crippen LogP contribution in [0.15, 0.2) is 23.1 Å². The fraction of sp³-hybridized carbons (Fsp3) is 0.647. The van der Waals surface area contributed by atoms with Crippen LogP contribution in [0.5, 0.6) is 11.5 Å². The van der Waals surface area contributed by atoms with E-state index in [1.54, 1.807) is 11.8 Å². The summed E-state index contributed by atoms with van der Waals surface area (Å²) in [6.07, 6.45) is 6.96. The minimum Gasteiger partial charge on any atom is -0.490 e. The fourth-order valence-electron chi connectivity index (χ4n) is 3.12. The molecule has 0 spiro atoms. The number of thioether (sulfide) groups is 1. The first kappa shape index (κ1) is 15.0. The van der Waals surface area contributed by atoms with Gasteiger partial charge in [-0.3, -0.25) is 0 Å². The van der Waals surface area contributed by atoms with Crippen molar-refractivity contribution >= 4 is 11.8 Å². The monoisotopic (exact) mass is 308 g/mol. The molecule has 1 aliphatic carbocycles. The molecule has 1 saturated carbocycles. The molecule has 0 aromatic heterocycles. The maximum atomic E-state index is 10.2. The number of aliphatic hydroxyl groups is 1. The molecule has 1 aromatic carbocycles. The van der Waals surface area contributed by atoms with E-state index in [0.29, 0.717) is 6.61 Å². The van der Waals surface area contributed by atoms with Crippen molar-refractivity contribution < 1.29 is 14.6 Å². The quantitative estimate of drug-likeness (QED) is 0.838. The SMILES string of the molecule is OC(CSc1ccc2c(c1)OCCCO2)CC1CCCC1. The molecular formula is C17H24O3S. The van der Waals surface area contributed by atoms with E-state index >= 15 is 0 Å². The largest absolute Gasteiger partial charge is 0.490 e. The van der Waals surface area contributed by atoms with Crippen molar-refractivity contribution in [2.24, 2.45) is 5.92 Å². The summed E-state index contributed by atoms with van der Waals surface area (Å²) in [5.74, 6) is 3.17. The molecule has 1 aromatic rings. The van der Waals surface area contributed by atoms with Crippen LogP contribution in [-0.2, 0) is 0 Å². The summed E-state index contributed by atoms with van der Waals surface area (Å²) in [7, 11) is 0. The van der Waals surface area contributed by atoms with E-state index in [1.165, 1.54) is 25.7 Å². The maximum absolute atomic E-state index is 10.2. The van der Waals surface area contributed by atoms with E-state index in [9.17, 15) is 5.11 Å². The zero-order valence-corrected chi connectivity index (χ0v) is 13.2. The number of hydrogen-bond acceptors (Lipinski definition) is 4. The van der Waals surface area contributed by atoms with E-state index in [2.05, 4.69) is 6.07 Å². The summed E-state index contributed by atoms with van der Waals surface area (Å²) in [5, 5.41) is 10.2. The molecule has 1 N–H and O–H groups in total. The molecule has 3 nitrogen and oxygen atoms in total. The van der Waals surface area contributed by atoms with E-state index in [1.807, 2.05) is 12.1 Å². The van der Waals surface area contributed by atoms with Gasteiger partial charge in [0.15, 0.2) is 11.5 Å². The second kappa shape index (κ2) is 7.41. The topological polar surface area (TPSA) is 38.7 Å². The molecular weight excluding hydrogens is 284 g/mol. The van der Waals surface area contributed by atoms with Gasteiger partial charge in [0.2, 0.25) is 0 Å². The molecule has 0 radical (unpaired) electrons. The van der Waals surface area contributed by atoms with Crippen LogP contribution in [0.3, 0.4) is 0 Å². The summed E-state index contributed by atoms with van der Waals surface area (Å²) >= 11 is 1.71. The molecule has 0 bridgehead atoms. The standard InChI is InChI=1S/C17H24O3S/c18-14(10-13-4-1-2-5-13)12-21-15-6-7-16-17(11-15)20-9-3-8-19-16/h6-7,11,13-14,18H,1-5,8-10,12H2. The lowest BCUT2D eigenvalue weighted by atomic mass is 10.0. The van der Waals surface area contributed by atoms with Gasteiger partial charge in [-0.05, 0) is 30.5 Å². The van der Waals surface area contributed by atoms with Gasteiger partial charge in [0.05, 0.1) is 19.3 Å². The van der Waals surface area contributed by atoms with Crippen LogP contribution in [0.4, 0.5) is 0 Å². The Morgan fingerprint density at radius 3 is 2.67 bits per heavy atom. The molecule has 1 fully saturated rings. The van der Waals surface area contributed by atoms with Crippen LogP contribution < -0.4 is 9.47 Å². The molecule has 4 heteroatoms. The highest BCUT2D eigenvalue weighted by Gasteiger charge is 2.19. The number of hydrogen-bond donors (Lipinski definition) is 1. The fourth-order valence-corrected chi connectivity index (χ4v) is 4.00. The lowest BCUT2D eigenvalue weighted by molar-refractivity contribution is 0.166. The Kier molecular flexibility index (Phi) is 5.31. The molecule has 1 heterocycles. The molecule has 0 amide bonds. The van der Waals surface area contributed by atoms with Gasteiger partial charge in [-0.15, -0.1) is 11.8 Å². The van der Waals surface area contributed by atoms with Gasteiger partial charge in [0.25, 0.3) is 0 Å². The van der Waals surface area contributed by atoms with Crippen molar-refractivity contribution in [3.8, 4) is 11.5 Å². The number of fused-ring (bicyclic) bond motifs is 1. The van der Waals surface area contributed by atoms with E-state index in [4.69, 9.17) is 9.47 Å². The second-order valence-corrected chi connectivity index (χ2v) is 7.10. The third-order valence-corrected chi connectivity index (χ3v) is 5.38. The Balaban J connectivity index is 1.51. The molecule has 1 atom stereocenters. The first-order valence-electron chi connectivity index (χ1n) is 8.02. The number of ether oxygens (including phenoxy) is 2. The van der Waals surface area contributed by atoms with Crippen molar-refractivity contribution in [1.82, 2.24) is 0 Å². The van der Waals surface area contributed by atoms with Crippen LogP contribution in [0.1, 0.15) is 38.5 Å². The van der Waals surface area contributed by atoms with Gasteiger partial charge in [-0.2, -0.15) is 0 Å². The summed E-state index contributed by atoms with van der Waals surface area (Å²) in [4.78, 5) is 1.14. The highest BCUT2D eigenvalue weighted by Crippen LogP contribution is 2.35. The summed E-state index contributed by atoms with van der Waals surface area (Å²) in [6, 6.07) is 6.07. The maximum Gasteiger partial charge on any atom is 0.162 e. The Morgan fingerprint density at radius 2 is 1.86 bits per heavy atom. The Morgan fingerprint density at radius 1 is 1.10 bits per heavy atom. The number of aliphatic hydroxyl groups excluding tert-OH is 1. The third kappa shape index (κ3) is 4.30. The molecule has 3 rings (SSSR count). The molecule has 116 valence electrons. The number of rotatable bonds is 5. The summed E-state index contributed by atoms with van der Waals surface area (Å²) in [5.41, 5.74) is 0. The summed E-state index contributed by atoms with van der Waals surface area (Å²) in [6.45, 7) is 1.44. The second-order valence-electron chi connectivity index (χ2n) is 6.01. The number of benzene rings is 1. The first-order chi connectivity index (χ1) is 10.3. The normalized spacial score (nSPS) is 20.2. The highest BCUT2D eigenvalue weighted by atomic mass is 32.2. The van der Waals surface area contributed by atoms with Crippen LogP contribution in [0.25, 0.3) is 0 Å². The Labute approximate surface area is 131 Å². The van der Waals surface area contributed by atoms with Gasteiger partial charge in [-0.1, -0.05) is 25.7 Å². The van der Waals surface area contributed by atoms with Gasteiger partial charge < -0.3 is 14.6 Å². The predicted molar refractivity (Wildman–Crippen MR) is 85.4 cm³/mol. The average molecular weight is 308 g/mol. The van der Waals surface area contributed by atoms with Gasteiger partial charge in [0, 0.05) is 17.1 Å². The molecule has 2 aliphatic rings. The van der Waals surface area contributed by atoms with Crippen molar-refractivity contribution in [3.05, 3.63) is 18.2 Å². The molecule has 1 unspecified atom stereocenters. The van der Waals surface area contributed by atoms with Crippen LogP contribution in [0, 0.1) is 5.92 Å². The van der Waals surface area contributed by atoms with E-state index in [0.717, 1.165) is 47.5 Å². The molecule has 21 heavy (non-hydrogen) atoms. The van der Waals surface area contributed by atoms with Crippen LogP contribution in [0.2, 0.25) is 0 Å². The summed E-state index contributed by atoms with van der Waals surface area (Å²) < 4.78 is 11.3. The Bertz CT molecular complexity index is 457. The van der Waals surface area contributed by atoms with Gasteiger partial charge >= 0.3 is 0 Å². The van der Waals surface area contributed by atoms with Gasteiger partial charge in [-0.25, -0.2) is 0 Å². The lowest BCUT2D eigenvalue weighted by Crippen LogP contribution is -2.14. The zero-order valence-electron chi connectivity index (χ0n) is 12.4. The first-order valence-corrected chi connectivity index (χ1v) is 9.00. The zero-order chi connectivity index (χ0) is 14.5. The van der Waals surface area contributed by atoms with E-state index in [-0.39, 0.29) is 6.10 Å². The van der Waals surface area contributed by atoms with Crippen LogP contribution >= 0.6 is 11.8 Å². The highest BCUT2D eigenvalue weighted by molar-refractivity contribution is 7.99. The molecule has 1 aliphatic heterocycles. The van der Waals surface area contributed by atoms with Crippen molar-refractivity contribution in [3.63, 3.8) is 0 Å². The van der Waals surface area contributed by atoms with Crippen molar-refractivity contribution in [2.45, 2.75) is 49.5 Å². The van der Waals surface area contributed by atoms with Crippen molar-refractivity contribution in [2.75, 3.05) is 19.0 Å². The van der Waals surface area contributed by atoms with Crippen molar-refractivity contribution in [1.29, 1.82) is 0 Å². The Hall–Kier alpha value is -0.870.